The van der Waals surface area contributed by atoms with E-state index in [2.05, 4.69) is 10.1 Å². The first-order valence-corrected chi connectivity index (χ1v) is 7.04. The number of thiophene rings is 1. The van der Waals surface area contributed by atoms with E-state index >= 15 is 0 Å². The van der Waals surface area contributed by atoms with Gasteiger partial charge in [0, 0.05) is 6.42 Å². The van der Waals surface area contributed by atoms with Crippen LogP contribution in [0.15, 0.2) is 11.4 Å². The van der Waals surface area contributed by atoms with Crippen LogP contribution in [-0.4, -0.2) is 36.1 Å². The summed E-state index contributed by atoms with van der Waals surface area (Å²) in [4.78, 5) is 34.7. The molecule has 110 valence electrons. The van der Waals surface area contributed by atoms with Crippen LogP contribution >= 0.6 is 11.3 Å². The summed E-state index contributed by atoms with van der Waals surface area (Å²) in [5, 5.41) is 13.3. The van der Waals surface area contributed by atoms with Gasteiger partial charge in [0.05, 0.1) is 12.0 Å². The van der Waals surface area contributed by atoms with Crippen molar-refractivity contribution in [2.75, 3.05) is 7.11 Å². The highest BCUT2D eigenvalue weighted by Gasteiger charge is 2.23. The zero-order chi connectivity index (χ0) is 15.1. The van der Waals surface area contributed by atoms with Gasteiger partial charge < -0.3 is 15.2 Å². The molecule has 1 atom stereocenters. The maximum absolute atomic E-state index is 12.0. The van der Waals surface area contributed by atoms with Crippen LogP contribution in [0.5, 0.6) is 0 Å². The Kier molecular flexibility index (Phi) is 6.17. The second-order valence-electron chi connectivity index (χ2n) is 4.11. The Hall–Kier alpha value is -1.89. The number of ether oxygens (including phenoxy) is 1. The third-order valence-electron chi connectivity index (χ3n) is 2.80. The van der Waals surface area contributed by atoms with E-state index < -0.39 is 23.9 Å². The third kappa shape index (κ3) is 4.34. The smallest absolute Gasteiger partial charge is 0.326 e. The van der Waals surface area contributed by atoms with Crippen molar-refractivity contribution in [2.24, 2.45) is 0 Å². The number of rotatable bonds is 7. The fraction of sp³-hybridized carbons (Fsp3) is 0.462. The SMILES string of the molecule is CCc1ccsc1C(=O)N[C@H](CCC(=O)OC)C(=O)O. The number of carboxylic acids is 1. The molecule has 0 fully saturated rings. The molecule has 7 heteroatoms. The van der Waals surface area contributed by atoms with Gasteiger partial charge >= 0.3 is 11.9 Å². The van der Waals surface area contributed by atoms with Gasteiger partial charge in [-0.25, -0.2) is 4.79 Å². The van der Waals surface area contributed by atoms with Crippen LogP contribution in [-0.2, 0) is 20.7 Å². The number of methoxy groups -OCH3 is 1. The molecule has 0 aliphatic rings. The van der Waals surface area contributed by atoms with Crippen LogP contribution in [0.25, 0.3) is 0 Å². The molecule has 20 heavy (non-hydrogen) atoms. The van der Waals surface area contributed by atoms with Crippen molar-refractivity contribution in [3.63, 3.8) is 0 Å². The predicted octanol–water partition coefficient (Wildman–Crippen LogP) is 1.45. The number of carbonyl (C=O) groups is 3. The molecule has 2 N–H and O–H groups in total. The summed E-state index contributed by atoms with van der Waals surface area (Å²) in [5.74, 6) is -2.10. The van der Waals surface area contributed by atoms with Crippen molar-refractivity contribution in [2.45, 2.75) is 32.2 Å². The molecule has 1 rings (SSSR count). The monoisotopic (exact) mass is 299 g/mol. The number of aliphatic carboxylic acids is 1. The zero-order valence-corrected chi connectivity index (χ0v) is 12.2. The highest BCUT2D eigenvalue weighted by Crippen LogP contribution is 2.17. The molecule has 0 aliphatic heterocycles. The highest BCUT2D eigenvalue weighted by molar-refractivity contribution is 7.12. The Morgan fingerprint density at radius 1 is 1.45 bits per heavy atom. The second kappa shape index (κ2) is 7.64. The number of carboxylic acid groups (broad SMARTS) is 1. The van der Waals surface area contributed by atoms with Crippen LogP contribution in [0.4, 0.5) is 0 Å². The molecule has 1 amide bonds. The summed E-state index contributed by atoms with van der Waals surface area (Å²) in [6.45, 7) is 1.92. The first-order chi connectivity index (χ1) is 9.49. The van der Waals surface area contributed by atoms with Crippen LogP contribution in [0.3, 0.4) is 0 Å². The number of aryl methyl sites for hydroxylation is 1. The Labute approximate surface area is 120 Å². The maximum Gasteiger partial charge on any atom is 0.326 e. The molecule has 0 aromatic carbocycles. The zero-order valence-electron chi connectivity index (χ0n) is 11.3. The van der Waals surface area contributed by atoms with Gasteiger partial charge in [0.15, 0.2) is 0 Å². The standard InChI is InChI=1S/C13H17NO5S/c1-3-8-6-7-20-11(8)12(16)14-9(13(17)18)4-5-10(15)19-2/h6-7,9H,3-5H2,1-2H3,(H,14,16)(H,17,18)/t9-/m1/s1. The Morgan fingerprint density at radius 2 is 2.15 bits per heavy atom. The van der Waals surface area contributed by atoms with Gasteiger partial charge in [-0.05, 0) is 29.9 Å². The molecule has 0 unspecified atom stereocenters. The van der Waals surface area contributed by atoms with E-state index in [1.165, 1.54) is 18.4 Å². The minimum atomic E-state index is -1.17. The lowest BCUT2D eigenvalue weighted by atomic mass is 10.1. The molecular formula is C13H17NO5S. The molecular weight excluding hydrogens is 282 g/mol. The summed E-state index contributed by atoms with van der Waals surface area (Å²) in [6, 6.07) is 0.734. The topological polar surface area (TPSA) is 92.7 Å². The summed E-state index contributed by atoms with van der Waals surface area (Å²) in [5.41, 5.74) is 0.879. The van der Waals surface area contributed by atoms with E-state index in [1.807, 2.05) is 13.0 Å². The van der Waals surface area contributed by atoms with Crippen molar-refractivity contribution in [1.29, 1.82) is 0 Å². The lowest BCUT2D eigenvalue weighted by molar-refractivity contribution is -0.142. The van der Waals surface area contributed by atoms with Crippen molar-refractivity contribution >= 4 is 29.2 Å². The van der Waals surface area contributed by atoms with E-state index in [1.54, 1.807) is 5.38 Å². The summed E-state index contributed by atoms with van der Waals surface area (Å²) in [7, 11) is 1.23. The Bertz CT molecular complexity index is 497. The van der Waals surface area contributed by atoms with Crippen LogP contribution in [0.1, 0.15) is 35.0 Å². The lowest BCUT2D eigenvalue weighted by Crippen LogP contribution is -2.41. The third-order valence-corrected chi connectivity index (χ3v) is 3.76. The van der Waals surface area contributed by atoms with E-state index in [9.17, 15) is 14.4 Å². The number of esters is 1. The van der Waals surface area contributed by atoms with Crippen molar-refractivity contribution < 1.29 is 24.2 Å². The molecule has 0 bridgehead atoms. The van der Waals surface area contributed by atoms with Crippen molar-refractivity contribution in [3.05, 3.63) is 21.9 Å². The summed E-state index contributed by atoms with van der Waals surface area (Å²) >= 11 is 1.27. The minimum absolute atomic E-state index is 0.000576. The van der Waals surface area contributed by atoms with Gasteiger partial charge in [0.2, 0.25) is 0 Å². The first kappa shape index (κ1) is 16.2. The van der Waals surface area contributed by atoms with Crippen LogP contribution in [0, 0.1) is 0 Å². The molecule has 1 aromatic rings. The van der Waals surface area contributed by atoms with E-state index in [-0.39, 0.29) is 12.8 Å². The number of nitrogens with one attached hydrogen (secondary N) is 1. The van der Waals surface area contributed by atoms with Gasteiger partial charge in [0.25, 0.3) is 5.91 Å². The van der Waals surface area contributed by atoms with Gasteiger partial charge in [0.1, 0.15) is 6.04 Å². The molecule has 6 nitrogen and oxygen atoms in total. The number of carbonyl (C=O) groups excluding carboxylic acids is 2. The van der Waals surface area contributed by atoms with Crippen LogP contribution < -0.4 is 5.32 Å². The van der Waals surface area contributed by atoms with Crippen molar-refractivity contribution in [1.82, 2.24) is 5.32 Å². The normalized spacial score (nSPS) is 11.7. The molecule has 0 spiro atoms. The van der Waals surface area contributed by atoms with Gasteiger partial charge in [-0.3, -0.25) is 9.59 Å². The highest BCUT2D eigenvalue weighted by atomic mass is 32.1. The molecule has 1 aromatic heterocycles. The summed E-state index contributed by atoms with van der Waals surface area (Å²) in [6.07, 6.45) is 0.644. The summed E-state index contributed by atoms with van der Waals surface area (Å²) < 4.78 is 4.45. The Morgan fingerprint density at radius 3 is 2.70 bits per heavy atom. The van der Waals surface area contributed by atoms with E-state index in [0.29, 0.717) is 11.3 Å². The fourth-order valence-electron chi connectivity index (χ4n) is 1.66. The van der Waals surface area contributed by atoms with E-state index in [4.69, 9.17) is 5.11 Å². The van der Waals surface area contributed by atoms with Gasteiger partial charge in [-0.1, -0.05) is 6.92 Å². The first-order valence-electron chi connectivity index (χ1n) is 6.16. The molecule has 0 radical (unpaired) electrons. The molecule has 1 heterocycles. The molecule has 0 saturated carbocycles. The lowest BCUT2D eigenvalue weighted by Gasteiger charge is -2.13. The van der Waals surface area contributed by atoms with Crippen molar-refractivity contribution in [3.8, 4) is 0 Å². The number of hydrogen-bond donors (Lipinski definition) is 2. The average molecular weight is 299 g/mol. The predicted molar refractivity (Wildman–Crippen MR) is 73.8 cm³/mol. The maximum atomic E-state index is 12.0. The molecule has 0 saturated heterocycles. The minimum Gasteiger partial charge on any atom is -0.480 e. The van der Waals surface area contributed by atoms with Crippen LogP contribution in [0.2, 0.25) is 0 Å². The van der Waals surface area contributed by atoms with Gasteiger partial charge in [-0.15, -0.1) is 11.3 Å². The quantitative estimate of drug-likeness (QED) is 0.743. The largest absolute Gasteiger partial charge is 0.480 e. The fourth-order valence-corrected chi connectivity index (χ4v) is 2.56. The number of hydrogen-bond acceptors (Lipinski definition) is 5. The van der Waals surface area contributed by atoms with Gasteiger partial charge in [-0.2, -0.15) is 0 Å². The number of amides is 1. The van der Waals surface area contributed by atoms with E-state index in [0.717, 1.165) is 5.56 Å². The average Bonchev–Trinajstić information content (AvgIpc) is 2.90. The molecule has 0 aliphatic carbocycles. The Balaban J connectivity index is 2.68. The second-order valence-corrected chi connectivity index (χ2v) is 5.02.